The Morgan fingerprint density at radius 1 is 1.00 bits per heavy atom. The predicted molar refractivity (Wildman–Crippen MR) is 135 cm³/mol. The predicted octanol–water partition coefficient (Wildman–Crippen LogP) is 4.44. The van der Waals surface area contributed by atoms with Gasteiger partial charge < -0.3 is 20.3 Å². The molecule has 1 heterocycles. The zero-order valence-electron chi connectivity index (χ0n) is 18.7. The Labute approximate surface area is 200 Å². The summed E-state index contributed by atoms with van der Waals surface area (Å²) in [5.41, 5.74) is 3.13. The van der Waals surface area contributed by atoms with Crippen LogP contribution in [-0.4, -0.2) is 35.6 Å². The molecule has 0 aromatic heterocycles. The van der Waals surface area contributed by atoms with Crippen molar-refractivity contribution in [3.8, 4) is 5.75 Å². The van der Waals surface area contributed by atoms with Crippen LogP contribution in [0.25, 0.3) is 0 Å². The van der Waals surface area contributed by atoms with Crippen molar-refractivity contribution in [3.63, 3.8) is 0 Å². The van der Waals surface area contributed by atoms with Crippen molar-refractivity contribution in [2.45, 2.75) is 31.5 Å². The van der Waals surface area contributed by atoms with E-state index in [0.29, 0.717) is 11.7 Å². The topological polar surface area (TPSA) is 53.6 Å². The van der Waals surface area contributed by atoms with Gasteiger partial charge in [0.2, 0.25) is 5.91 Å². The number of methoxy groups -OCH3 is 1. The maximum Gasteiger partial charge on any atom is 0.243 e. The average Bonchev–Trinajstić information content (AvgIpc) is 3.37. The van der Waals surface area contributed by atoms with Gasteiger partial charge in [0.1, 0.15) is 11.8 Å². The van der Waals surface area contributed by atoms with E-state index in [0.717, 1.165) is 41.8 Å². The third kappa shape index (κ3) is 5.52. The average molecular weight is 460 g/mol. The number of carbonyl (C=O) groups is 1. The molecule has 0 aliphatic carbocycles. The van der Waals surface area contributed by atoms with Crippen molar-refractivity contribution in [1.29, 1.82) is 0 Å². The van der Waals surface area contributed by atoms with E-state index in [9.17, 15) is 4.79 Å². The van der Waals surface area contributed by atoms with Crippen LogP contribution in [0.4, 0.5) is 0 Å². The van der Waals surface area contributed by atoms with Crippen molar-refractivity contribution in [3.05, 3.63) is 102 Å². The van der Waals surface area contributed by atoms with Gasteiger partial charge in [-0.1, -0.05) is 78.9 Å². The summed E-state index contributed by atoms with van der Waals surface area (Å²) in [4.78, 5) is 15.4. The van der Waals surface area contributed by atoms with Crippen LogP contribution in [-0.2, 0) is 11.3 Å². The standard InChI is InChI=1S/C27H29N3O2S/c1-32-24-17-9-8-15-22(24)19-28-27(33)30-18-10-16-23(30)26(31)29-25(20-11-4-2-5-12-20)21-13-6-3-7-14-21/h2-9,11-15,17,23,25H,10,16,18-19H2,1H3,(H,28,33)(H,29,31)/t23-/m1/s1. The molecule has 3 aromatic rings. The first-order valence-electron chi connectivity index (χ1n) is 11.2. The van der Waals surface area contributed by atoms with Crippen LogP contribution in [0, 0.1) is 0 Å². The minimum absolute atomic E-state index is 0.00773. The van der Waals surface area contributed by atoms with Crippen molar-refractivity contribution >= 4 is 23.2 Å². The maximum atomic E-state index is 13.4. The lowest BCUT2D eigenvalue weighted by Gasteiger charge is -2.29. The quantitative estimate of drug-likeness (QED) is 0.512. The minimum atomic E-state index is -0.294. The molecule has 2 N–H and O–H groups in total. The lowest BCUT2D eigenvalue weighted by Crippen LogP contribution is -2.50. The van der Waals surface area contributed by atoms with Crippen molar-refractivity contribution in [2.24, 2.45) is 0 Å². The summed E-state index contributed by atoms with van der Waals surface area (Å²) < 4.78 is 5.43. The Kier molecular flexibility index (Phi) is 7.58. The summed E-state index contributed by atoms with van der Waals surface area (Å²) in [5, 5.41) is 7.19. The number of para-hydroxylation sites is 1. The molecular formula is C27H29N3O2S. The number of hydrogen-bond donors (Lipinski definition) is 2. The molecule has 0 bridgehead atoms. The van der Waals surface area contributed by atoms with Crippen LogP contribution in [0.1, 0.15) is 35.6 Å². The molecule has 1 saturated heterocycles. The van der Waals surface area contributed by atoms with Crippen molar-refractivity contribution in [1.82, 2.24) is 15.5 Å². The number of ether oxygens (including phenoxy) is 1. The number of benzene rings is 3. The van der Waals surface area contributed by atoms with E-state index in [4.69, 9.17) is 17.0 Å². The summed E-state index contributed by atoms with van der Waals surface area (Å²) in [6.07, 6.45) is 1.70. The largest absolute Gasteiger partial charge is 0.496 e. The first-order chi connectivity index (χ1) is 16.2. The molecule has 1 amide bonds. The first kappa shape index (κ1) is 22.8. The highest BCUT2D eigenvalue weighted by Crippen LogP contribution is 2.25. The summed E-state index contributed by atoms with van der Waals surface area (Å²) in [7, 11) is 1.66. The Balaban J connectivity index is 1.45. The fourth-order valence-corrected chi connectivity index (χ4v) is 4.58. The molecular weight excluding hydrogens is 430 g/mol. The Hall–Kier alpha value is -3.38. The number of nitrogens with one attached hydrogen (secondary N) is 2. The number of thiocarbonyl (C=S) groups is 1. The molecule has 1 atom stereocenters. The highest BCUT2D eigenvalue weighted by molar-refractivity contribution is 7.80. The number of likely N-dealkylation sites (tertiary alicyclic amines) is 1. The number of nitrogens with zero attached hydrogens (tertiary/aromatic N) is 1. The van der Waals surface area contributed by atoms with E-state index in [-0.39, 0.29) is 18.0 Å². The number of rotatable bonds is 7. The minimum Gasteiger partial charge on any atom is -0.496 e. The summed E-state index contributed by atoms with van der Waals surface area (Å²) in [6, 6.07) is 27.5. The van der Waals surface area contributed by atoms with Crippen LogP contribution in [0.2, 0.25) is 0 Å². The zero-order chi connectivity index (χ0) is 23.0. The van der Waals surface area contributed by atoms with Gasteiger partial charge in [0.15, 0.2) is 5.11 Å². The second-order valence-corrected chi connectivity index (χ2v) is 8.47. The molecule has 3 aromatic carbocycles. The molecule has 1 aliphatic heterocycles. The van der Waals surface area contributed by atoms with Gasteiger partial charge in [-0.3, -0.25) is 4.79 Å². The molecule has 5 nitrogen and oxygen atoms in total. The fraction of sp³-hybridized carbons (Fsp3) is 0.259. The number of amides is 1. The third-order valence-electron chi connectivity index (χ3n) is 5.99. The second kappa shape index (κ2) is 11.0. The van der Waals surface area contributed by atoms with Gasteiger partial charge in [0, 0.05) is 18.7 Å². The Morgan fingerprint density at radius 3 is 2.24 bits per heavy atom. The highest BCUT2D eigenvalue weighted by atomic mass is 32.1. The SMILES string of the molecule is COc1ccccc1CNC(=S)N1CCC[C@@H]1C(=O)NC(c1ccccc1)c1ccccc1. The van der Waals surface area contributed by atoms with Gasteiger partial charge >= 0.3 is 0 Å². The monoisotopic (exact) mass is 459 g/mol. The van der Waals surface area contributed by atoms with E-state index >= 15 is 0 Å². The van der Waals surface area contributed by atoms with E-state index in [1.807, 2.05) is 89.8 Å². The smallest absolute Gasteiger partial charge is 0.243 e. The number of hydrogen-bond acceptors (Lipinski definition) is 3. The third-order valence-corrected chi connectivity index (χ3v) is 6.37. The molecule has 1 aliphatic rings. The lowest BCUT2D eigenvalue weighted by atomic mass is 9.98. The normalized spacial score (nSPS) is 15.3. The van der Waals surface area contributed by atoms with E-state index in [1.165, 1.54) is 0 Å². The maximum absolute atomic E-state index is 13.4. The van der Waals surface area contributed by atoms with Gasteiger partial charge in [0.25, 0.3) is 0 Å². The molecule has 1 fully saturated rings. The molecule has 33 heavy (non-hydrogen) atoms. The summed E-state index contributed by atoms with van der Waals surface area (Å²) in [6.45, 7) is 1.31. The molecule has 6 heteroatoms. The Bertz CT molecular complexity index is 1040. The van der Waals surface area contributed by atoms with Crippen LogP contribution >= 0.6 is 12.2 Å². The zero-order valence-corrected chi connectivity index (χ0v) is 19.6. The first-order valence-corrected chi connectivity index (χ1v) is 11.6. The molecule has 0 unspecified atom stereocenters. The van der Waals surface area contributed by atoms with Crippen molar-refractivity contribution < 1.29 is 9.53 Å². The molecule has 0 radical (unpaired) electrons. The molecule has 4 rings (SSSR count). The van der Waals surface area contributed by atoms with E-state index < -0.39 is 0 Å². The summed E-state index contributed by atoms with van der Waals surface area (Å²) >= 11 is 5.68. The molecule has 170 valence electrons. The summed E-state index contributed by atoms with van der Waals surface area (Å²) in [5.74, 6) is 0.809. The van der Waals surface area contributed by atoms with Gasteiger partial charge in [-0.05, 0) is 42.3 Å². The molecule has 0 saturated carbocycles. The second-order valence-electron chi connectivity index (χ2n) is 8.08. The van der Waals surface area contributed by atoms with Crippen LogP contribution < -0.4 is 15.4 Å². The Morgan fingerprint density at radius 2 is 1.61 bits per heavy atom. The van der Waals surface area contributed by atoms with Gasteiger partial charge in [-0.25, -0.2) is 0 Å². The van der Waals surface area contributed by atoms with Gasteiger partial charge in [-0.2, -0.15) is 0 Å². The van der Waals surface area contributed by atoms with Crippen LogP contribution in [0.3, 0.4) is 0 Å². The molecule has 0 spiro atoms. The van der Waals surface area contributed by atoms with Gasteiger partial charge in [-0.15, -0.1) is 0 Å². The van der Waals surface area contributed by atoms with E-state index in [1.54, 1.807) is 7.11 Å². The van der Waals surface area contributed by atoms with Crippen molar-refractivity contribution in [2.75, 3.05) is 13.7 Å². The van der Waals surface area contributed by atoms with Crippen LogP contribution in [0.15, 0.2) is 84.9 Å². The lowest BCUT2D eigenvalue weighted by molar-refractivity contribution is -0.124. The van der Waals surface area contributed by atoms with Crippen LogP contribution in [0.5, 0.6) is 5.75 Å². The fourth-order valence-electron chi connectivity index (χ4n) is 4.29. The highest BCUT2D eigenvalue weighted by Gasteiger charge is 2.33. The van der Waals surface area contributed by atoms with E-state index in [2.05, 4.69) is 10.6 Å². The number of carbonyl (C=O) groups excluding carboxylic acids is 1. The van der Waals surface area contributed by atoms with Gasteiger partial charge in [0.05, 0.1) is 13.2 Å².